The van der Waals surface area contributed by atoms with E-state index in [-0.39, 0.29) is 6.42 Å². The van der Waals surface area contributed by atoms with E-state index in [0.29, 0.717) is 0 Å². The van der Waals surface area contributed by atoms with Crippen LogP contribution in [0.2, 0.25) is 0 Å². The van der Waals surface area contributed by atoms with Crippen LogP contribution >= 0.6 is 39.0 Å². The molecule has 0 saturated carbocycles. The Morgan fingerprint density at radius 3 is 3.06 bits per heavy atom. The number of aryl methyl sites for hydroxylation is 1. The van der Waals surface area contributed by atoms with Crippen molar-refractivity contribution in [3.05, 3.63) is 27.6 Å². The number of aliphatic carboxylic acids is 1. The van der Waals surface area contributed by atoms with E-state index in [1.807, 2.05) is 6.92 Å². The summed E-state index contributed by atoms with van der Waals surface area (Å²) in [5.41, 5.74) is 0.759. The molecule has 8 heteroatoms. The van der Waals surface area contributed by atoms with Gasteiger partial charge in [-0.05, 0) is 34.6 Å². The molecule has 0 aliphatic carbocycles. The Morgan fingerprint density at radius 2 is 2.39 bits per heavy atom. The van der Waals surface area contributed by atoms with Crippen LogP contribution in [-0.4, -0.2) is 26.0 Å². The average Bonchev–Trinajstić information content (AvgIpc) is 2.62. The third kappa shape index (κ3) is 3.27. The Morgan fingerprint density at radius 1 is 1.61 bits per heavy atom. The summed E-state index contributed by atoms with van der Waals surface area (Å²) in [6, 6.07) is 0. The SMILES string of the molecule is Cc1nc(Sc2ncncc2Br)sc1CC(=O)O. The molecule has 0 aromatic carbocycles. The highest BCUT2D eigenvalue weighted by molar-refractivity contribution is 9.10. The molecular formula is C10H8BrN3O2S2. The number of rotatable bonds is 4. The van der Waals surface area contributed by atoms with Gasteiger partial charge in [-0.3, -0.25) is 4.79 Å². The number of nitrogens with zero attached hydrogens (tertiary/aromatic N) is 3. The summed E-state index contributed by atoms with van der Waals surface area (Å²) in [6.07, 6.45) is 3.13. The zero-order chi connectivity index (χ0) is 13.1. The zero-order valence-corrected chi connectivity index (χ0v) is 12.5. The second-order valence-corrected chi connectivity index (χ2v) is 6.51. The van der Waals surface area contributed by atoms with Crippen LogP contribution in [0.4, 0.5) is 0 Å². The van der Waals surface area contributed by atoms with Crippen molar-refractivity contribution in [1.82, 2.24) is 15.0 Å². The van der Waals surface area contributed by atoms with Gasteiger partial charge in [0.15, 0.2) is 4.34 Å². The number of aromatic nitrogens is 3. The van der Waals surface area contributed by atoms with E-state index >= 15 is 0 Å². The Labute approximate surface area is 120 Å². The van der Waals surface area contributed by atoms with E-state index in [2.05, 4.69) is 30.9 Å². The molecule has 1 N–H and O–H groups in total. The highest BCUT2D eigenvalue weighted by Crippen LogP contribution is 2.35. The van der Waals surface area contributed by atoms with Crippen LogP contribution in [0.1, 0.15) is 10.6 Å². The lowest BCUT2D eigenvalue weighted by molar-refractivity contribution is -0.136. The number of thiazole rings is 1. The van der Waals surface area contributed by atoms with Crippen molar-refractivity contribution in [2.45, 2.75) is 22.7 Å². The van der Waals surface area contributed by atoms with Gasteiger partial charge >= 0.3 is 5.97 Å². The van der Waals surface area contributed by atoms with E-state index < -0.39 is 5.97 Å². The number of hydrogen-bond acceptors (Lipinski definition) is 6. The molecule has 0 atom stereocenters. The fourth-order valence-electron chi connectivity index (χ4n) is 1.21. The summed E-state index contributed by atoms with van der Waals surface area (Å²) in [5, 5.41) is 9.54. The lowest BCUT2D eigenvalue weighted by Crippen LogP contribution is -1.99. The van der Waals surface area contributed by atoms with Crippen molar-refractivity contribution in [3.63, 3.8) is 0 Å². The smallest absolute Gasteiger partial charge is 0.308 e. The van der Waals surface area contributed by atoms with E-state index in [4.69, 9.17) is 5.11 Å². The standard InChI is InChI=1S/C10H8BrN3O2S2/c1-5-7(2-8(15)16)17-10(14-5)18-9-6(11)3-12-4-13-9/h3-4H,2H2,1H3,(H,15,16). The topological polar surface area (TPSA) is 76.0 Å². The average molecular weight is 346 g/mol. The number of carboxylic acids is 1. The van der Waals surface area contributed by atoms with Crippen molar-refractivity contribution in [1.29, 1.82) is 0 Å². The Balaban J connectivity index is 2.20. The minimum atomic E-state index is -0.846. The molecule has 0 fully saturated rings. The minimum absolute atomic E-state index is 0.00893. The molecule has 94 valence electrons. The normalized spacial score (nSPS) is 10.6. The largest absolute Gasteiger partial charge is 0.481 e. The second-order valence-electron chi connectivity index (χ2n) is 3.34. The first-order valence-electron chi connectivity index (χ1n) is 4.87. The van der Waals surface area contributed by atoms with Gasteiger partial charge in [-0.25, -0.2) is 15.0 Å². The van der Waals surface area contributed by atoms with Crippen LogP contribution in [0.3, 0.4) is 0 Å². The summed E-state index contributed by atoms with van der Waals surface area (Å²) in [7, 11) is 0. The van der Waals surface area contributed by atoms with Crippen LogP contribution in [0.15, 0.2) is 26.4 Å². The van der Waals surface area contributed by atoms with Gasteiger partial charge in [0.25, 0.3) is 0 Å². The molecule has 0 unspecified atom stereocenters. The second kappa shape index (κ2) is 5.77. The number of hydrogen-bond donors (Lipinski definition) is 1. The first-order chi connectivity index (χ1) is 8.56. The summed E-state index contributed by atoms with van der Waals surface area (Å²) < 4.78 is 1.57. The molecule has 0 bridgehead atoms. The van der Waals surface area contributed by atoms with Gasteiger partial charge in [-0.1, -0.05) is 0 Å². The lowest BCUT2D eigenvalue weighted by Gasteiger charge is -1.97. The molecule has 5 nitrogen and oxygen atoms in total. The molecular weight excluding hydrogens is 338 g/mol. The Hall–Kier alpha value is -0.990. The van der Waals surface area contributed by atoms with Crippen LogP contribution in [0.5, 0.6) is 0 Å². The van der Waals surface area contributed by atoms with Crippen molar-refractivity contribution in [2.75, 3.05) is 0 Å². The van der Waals surface area contributed by atoms with Gasteiger partial charge in [0.05, 0.1) is 16.6 Å². The zero-order valence-electron chi connectivity index (χ0n) is 9.25. The number of halogens is 1. The van der Waals surface area contributed by atoms with Crippen molar-refractivity contribution in [2.24, 2.45) is 0 Å². The summed E-state index contributed by atoms with van der Waals surface area (Å²) in [4.78, 5) is 23.8. The maximum absolute atomic E-state index is 10.7. The van der Waals surface area contributed by atoms with Crippen molar-refractivity contribution in [3.8, 4) is 0 Å². The highest BCUT2D eigenvalue weighted by Gasteiger charge is 2.13. The maximum Gasteiger partial charge on any atom is 0.308 e. The van der Waals surface area contributed by atoms with Gasteiger partial charge in [0.2, 0.25) is 0 Å². The van der Waals surface area contributed by atoms with E-state index in [9.17, 15) is 4.79 Å². The van der Waals surface area contributed by atoms with Crippen molar-refractivity contribution < 1.29 is 9.90 Å². The summed E-state index contributed by atoms with van der Waals surface area (Å²) in [5.74, 6) is -0.846. The van der Waals surface area contributed by atoms with Crippen LogP contribution in [0, 0.1) is 6.92 Å². The Kier molecular flexibility index (Phi) is 4.31. The first kappa shape index (κ1) is 13.4. The van der Waals surface area contributed by atoms with E-state index in [1.165, 1.54) is 29.4 Å². The molecule has 0 aliphatic rings. The van der Waals surface area contributed by atoms with E-state index in [0.717, 1.165) is 24.4 Å². The third-order valence-corrected chi connectivity index (χ3v) is 5.08. The van der Waals surface area contributed by atoms with E-state index in [1.54, 1.807) is 6.20 Å². The number of carbonyl (C=O) groups is 1. The summed E-state index contributed by atoms with van der Waals surface area (Å²) in [6.45, 7) is 1.81. The predicted molar refractivity (Wildman–Crippen MR) is 72.0 cm³/mol. The molecule has 2 rings (SSSR count). The lowest BCUT2D eigenvalue weighted by atomic mass is 10.3. The molecule has 0 spiro atoms. The summed E-state index contributed by atoms with van der Waals surface area (Å²) >= 11 is 6.13. The van der Waals surface area contributed by atoms with Crippen molar-refractivity contribution >= 4 is 45.0 Å². The highest BCUT2D eigenvalue weighted by atomic mass is 79.9. The first-order valence-corrected chi connectivity index (χ1v) is 7.30. The molecule has 0 amide bonds. The van der Waals surface area contributed by atoms with Crippen LogP contribution in [-0.2, 0) is 11.2 Å². The Bertz CT molecular complexity index is 588. The van der Waals surface area contributed by atoms with Crippen LogP contribution < -0.4 is 0 Å². The minimum Gasteiger partial charge on any atom is -0.481 e. The maximum atomic E-state index is 10.7. The van der Waals surface area contributed by atoms with Gasteiger partial charge in [-0.2, -0.15) is 0 Å². The molecule has 2 aromatic heterocycles. The predicted octanol–water partition coefficient (Wildman–Crippen LogP) is 2.78. The number of carboxylic acid groups (broad SMARTS) is 1. The fraction of sp³-hybridized carbons (Fsp3) is 0.200. The van der Waals surface area contributed by atoms with Crippen LogP contribution in [0.25, 0.3) is 0 Å². The molecule has 18 heavy (non-hydrogen) atoms. The monoisotopic (exact) mass is 345 g/mol. The molecule has 0 saturated heterocycles. The van der Waals surface area contributed by atoms with Gasteiger partial charge in [-0.15, -0.1) is 11.3 Å². The molecule has 2 aromatic rings. The molecule has 0 aliphatic heterocycles. The van der Waals surface area contributed by atoms with Gasteiger partial charge in [0.1, 0.15) is 11.4 Å². The quantitative estimate of drug-likeness (QED) is 0.858. The van der Waals surface area contributed by atoms with Gasteiger partial charge < -0.3 is 5.11 Å². The molecule has 2 heterocycles. The van der Waals surface area contributed by atoms with Gasteiger partial charge in [0, 0.05) is 11.1 Å². The molecule has 0 radical (unpaired) electrons. The third-order valence-electron chi connectivity index (χ3n) is 2.00. The fourth-order valence-corrected chi connectivity index (χ4v) is 3.75.